The molecule has 0 aromatic heterocycles. The average molecular weight is 405 g/mol. The van der Waals surface area contributed by atoms with Crippen molar-refractivity contribution in [2.24, 2.45) is 0 Å². The molecule has 1 N–H and O–H groups in total. The van der Waals surface area contributed by atoms with E-state index in [4.69, 9.17) is 55.9 Å². The number of rotatable bonds is 0. The van der Waals surface area contributed by atoms with Crippen molar-refractivity contribution in [1.29, 1.82) is 0 Å². The van der Waals surface area contributed by atoms with E-state index < -0.39 is 21.2 Å². The number of carbonyl (C=O) groups is 1. The zero-order valence-corrected chi connectivity index (χ0v) is 9.84. The Hall–Kier alpha value is -1.64. The molecule has 0 unspecified atom stereocenters. The van der Waals surface area contributed by atoms with Gasteiger partial charge in [-0.2, -0.15) is 0 Å². The van der Waals surface area contributed by atoms with Gasteiger partial charge in [0.15, 0.2) is 0 Å². The third-order valence-corrected chi connectivity index (χ3v) is 0. The van der Waals surface area contributed by atoms with E-state index in [0.29, 0.717) is 0 Å². The molecule has 0 saturated carbocycles. The molecule has 0 aromatic rings. The molecule has 0 fully saturated rings. The normalized spacial score (nSPS) is 5.71. The minimum atomic E-state index is -1.75. The van der Waals surface area contributed by atoms with E-state index in [0.717, 1.165) is 6.92 Å². The van der Waals surface area contributed by atoms with Crippen LogP contribution >= 0.6 is 0 Å². The Balaban J connectivity index is -0.0000000369. The van der Waals surface area contributed by atoms with Gasteiger partial charge in [0.25, 0.3) is 5.97 Å². The summed E-state index contributed by atoms with van der Waals surface area (Å²) in [5.74, 6) is -0.833. The Morgan fingerprint density at radius 1 is 0.824 bits per heavy atom. The molecule has 0 bridgehead atoms. The minimum absolute atomic E-state index is 0. The summed E-state index contributed by atoms with van der Waals surface area (Å²) in [7, 11) is 0. The first kappa shape index (κ1) is 29.5. The number of hydrogen-bond donors (Lipinski definition) is 1. The molecule has 17 heavy (non-hydrogen) atoms. The van der Waals surface area contributed by atoms with E-state index >= 15 is 0 Å². The van der Waals surface area contributed by atoms with Gasteiger partial charge in [-0.1, -0.05) is 0 Å². The second-order valence-electron chi connectivity index (χ2n) is 1.19. The Bertz CT molecular complexity index is 165. The SMILES string of the molecule is CC(=O)O.O=[N+]([O-])[O-].O=[N+]([O-])[O-].O=[N+]([O-])[O-].[Tb+3]. The molecule has 0 radical (unpaired) electrons. The van der Waals surface area contributed by atoms with Gasteiger partial charge in [0.1, 0.15) is 0 Å². The molecule has 0 heterocycles. The number of aliphatic carboxylic acids is 1. The second-order valence-corrected chi connectivity index (χ2v) is 1.19. The van der Waals surface area contributed by atoms with Crippen molar-refractivity contribution >= 4 is 5.97 Å². The summed E-state index contributed by atoms with van der Waals surface area (Å²) in [4.78, 5) is 33.8. The third-order valence-electron chi connectivity index (χ3n) is 0. The van der Waals surface area contributed by atoms with Gasteiger partial charge in [-0.25, -0.2) is 0 Å². The van der Waals surface area contributed by atoms with Crippen LogP contribution in [0, 0.1) is 84.6 Å². The Morgan fingerprint density at radius 3 is 0.824 bits per heavy atom. The summed E-state index contributed by atoms with van der Waals surface area (Å²) in [6.07, 6.45) is 0. The second kappa shape index (κ2) is 23.9. The van der Waals surface area contributed by atoms with Crippen LogP contribution in [0.1, 0.15) is 6.92 Å². The molecule has 102 valence electrons. The van der Waals surface area contributed by atoms with Crippen LogP contribution in [0.4, 0.5) is 0 Å². The van der Waals surface area contributed by atoms with E-state index in [-0.39, 0.29) is 38.6 Å². The van der Waals surface area contributed by atoms with Gasteiger partial charge in [0.05, 0.1) is 15.3 Å². The van der Waals surface area contributed by atoms with Gasteiger partial charge in [-0.05, 0) is 0 Å². The summed E-state index contributed by atoms with van der Waals surface area (Å²) < 4.78 is 0. The number of hydrogen-bond acceptors (Lipinski definition) is 10. The van der Waals surface area contributed by atoms with Gasteiger partial charge in [-0.3, -0.25) is 4.79 Å². The first-order chi connectivity index (χ1) is 6.93. The van der Waals surface area contributed by atoms with Crippen molar-refractivity contribution in [3.05, 3.63) is 46.0 Å². The first-order valence-electron chi connectivity index (χ1n) is 2.57. The fraction of sp³-hybridized carbons (Fsp3) is 0.500. The zero-order valence-electron chi connectivity index (χ0n) is 7.70. The van der Waals surface area contributed by atoms with Crippen LogP contribution in [-0.2, 0) is 4.79 Å². The van der Waals surface area contributed by atoms with Gasteiger partial charge in [0, 0.05) is 6.92 Å². The molecule has 14 nitrogen and oxygen atoms in total. The topological polar surface area (TPSA) is 236 Å². The van der Waals surface area contributed by atoms with Crippen LogP contribution in [-0.4, -0.2) is 26.3 Å². The van der Waals surface area contributed by atoms with Crippen LogP contribution in [0.25, 0.3) is 0 Å². The molecule has 0 atom stereocenters. The van der Waals surface area contributed by atoms with Crippen molar-refractivity contribution < 1.29 is 63.8 Å². The fourth-order valence-corrected chi connectivity index (χ4v) is 0. The molecule has 0 spiro atoms. The average Bonchev–Trinajstić information content (AvgIpc) is 1.76. The number of nitrogens with zero attached hydrogens (tertiary/aromatic N) is 3. The predicted molar refractivity (Wildman–Crippen MR) is 44.4 cm³/mol. The van der Waals surface area contributed by atoms with E-state index in [1.807, 2.05) is 0 Å². The largest absolute Gasteiger partial charge is 3.00 e. The van der Waals surface area contributed by atoms with Crippen LogP contribution in [0.3, 0.4) is 0 Å². The molecular weight excluding hydrogens is 401 g/mol. The van der Waals surface area contributed by atoms with E-state index in [9.17, 15) is 0 Å². The van der Waals surface area contributed by atoms with Crippen molar-refractivity contribution in [2.75, 3.05) is 0 Å². The van der Waals surface area contributed by atoms with Crippen LogP contribution in [0.5, 0.6) is 0 Å². The smallest absolute Gasteiger partial charge is 0.481 e. The summed E-state index contributed by atoms with van der Waals surface area (Å²) in [5, 5.41) is 51.7. The van der Waals surface area contributed by atoms with E-state index in [1.54, 1.807) is 0 Å². The Kier molecular flexibility index (Phi) is 41.4. The number of carboxylic acids is 1. The first-order valence-corrected chi connectivity index (χ1v) is 2.57. The van der Waals surface area contributed by atoms with Crippen molar-refractivity contribution in [3.63, 3.8) is 0 Å². The van der Waals surface area contributed by atoms with E-state index in [1.165, 1.54) is 0 Å². The molecule has 0 amide bonds. The molecule has 0 aliphatic heterocycles. The summed E-state index contributed by atoms with van der Waals surface area (Å²) >= 11 is 0. The quantitative estimate of drug-likeness (QED) is 0.393. The predicted octanol–water partition coefficient (Wildman–Crippen LogP) is -0.626. The number of carboxylic acid groups (broad SMARTS) is 1. The molecule has 15 heteroatoms. The standard InChI is InChI=1S/C2H4O2.3NO3.Tb/c1-2(3)4;3*2-1(3)4;/h1H3,(H,3,4);;;;/q;3*-1;+3. The van der Waals surface area contributed by atoms with Gasteiger partial charge < -0.3 is 51.1 Å². The fourth-order valence-electron chi connectivity index (χ4n) is 0. The Morgan fingerprint density at radius 2 is 0.824 bits per heavy atom. The molecule has 0 rings (SSSR count). The van der Waals surface area contributed by atoms with Gasteiger partial charge in [-0.15, -0.1) is 0 Å². The minimum Gasteiger partial charge on any atom is -0.481 e. The molecule has 0 aliphatic rings. The molecular formula is C2H4N3O11Tb. The molecule has 0 aromatic carbocycles. The van der Waals surface area contributed by atoms with Crippen molar-refractivity contribution in [1.82, 2.24) is 0 Å². The van der Waals surface area contributed by atoms with E-state index in [2.05, 4.69) is 0 Å². The summed E-state index contributed by atoms with van der Waals surface area (Å²) in [6, 6.07) is 0. The summed E-state index contributed by atoms with van der Waals surface area (Å²) in [5.41, 5.74) is 0. The van der Waals surface area contributed by atoms with Crippen LogP contribution in [0.15, 0.2) is 0 Å². The van der Waals surface area contributed by atoms with Gasteiger partial charge >= 0.3 is 38.6 Å². The maximum absolute atomic E-state index is 9.00. The van der Waals surface area contributed by atoms with Gasteiger partial charge in [0.2, 0.25) is 0 Å². The summed E-state index contributed by atoms with van der Waals surface area (Å²) in [6.45, 7) is 1.08. The maximum atomic E-state index is 9.00. The molecule has 0 saturated heterocycles. The Labute approximate surface area is 122 Å². The zero-order chi connectivity index (χ0) is 14.3. The van der Waals surface area contributed by atoms with Crippen molar-refractivity contribution in [2.45, 2.75) is 6.92 Å². The third kappa shape index (κ3) is 811. The van der Waals surface area contributed by atoms with Crippen LogP contribution < -0.4 is 0 Å². The monoisotopic (exact) mass is 405 g/mol. The maximum Gasteiger partial charge on any atom is 3.00 e. The van der Waals surface area contributed by atoms with Crippen LogP contribution in [0.2, 0.25) is 0 Å². The van der Waals surface area contributed by atoms with Crippen molar-refractivity contribution in [3.8, 4) is 0 Å². The molecule has 0 aliphatic carbocycles.